The van der Waals surface area contributed by atoms with Gasteiger partial charge in [0.1, 0.15) is 11.4 Å². The summed E-state index contributed by atoms with van der Waals surface area (Å²) in [5.41, 5.74) is 6.84. The fraction of sp³-hybridized carbons (Fsp3) is 0.467. The molecule has 70 heavy (non-hydrogen) atoms. The fourth-order valence-electron chi connectivity index (χ4n) is 8.54. The highest BCUT2D eigenvalue weighted by atomic mass is 16.6. The number of aryl methyl sites for hydroxylation is 2. The van der Waals surface area contributed by atoms with Crippen molar-refractivity contribution in [2.45, 2.75) is 181 Å². The molecule has 0 saturated heterocycles. The second-order valence-electron chi connectivity index (χ2n) is 18.8. The molecule has 0 fully saturated rings. The highest BCUT2D eigenvalue weighted by Crippen LogP contribution is 2.33. The van der Waals surface area contributed by atoms with Gasteiger partial charge in [0.15, 0.2) is 0 Å². The van der Waals surface area contributed by atoms with Gasteiger partial charge in [-0.3, -0.25) is 15.1 Å². The minimum Gasteiger partial charge on any atom is -0.507 e. The number of azo groups is 2. The van der Waals surface area contributed by atoms with Gasteiger partial charge in [-0.15, -0.1) is 0 Å². The average Bonchev–Trinajstić information content (AvgIpc) is 3.38. The van der Waals surface area contributed by atoms with Crippen LogP contribution in [0.15, 0.2) is 140 Å². The van der Waals surface area contributed by atoms with Crippen molar-refractivity contribution in [3.63, 3.8) is 0 Å². The molecule has 10 nitrogen and oxygen atoms in total. The number of aliphatic imine (C=N–C) groups is 2. The minimum atomic E-state index is -0.489. The van der Waals surface area contributed by atoms with Gasteiger partial charge in [0.05, 0.1) is 33.4 Å². The lowest BCUT2D eigenvalue weighted by Gasteiger charge is -2.04. The summed E-state index contributed by atoms with van der Waals surface area (Å²) in [6.45, 7) is 4.54. The molecule has 0 amide bonds. The molecule has 0 spiro atoms. The minimum absolute atomic E-state index is 0.0410. The van der Waals surface area contributed by atoms with E-state index in [0.29, 0.717) is 22.6 Å². The first-order chi connectivity index (χ1) is 34.4. The van der Waals surface area contributed by atoms with E-state index in [0.717, 1.165) is 29.8 Å². The Morgan fingerprint density at radius 1 is 0.443 bits per heavy atom. The number of rotatable bonds is 35. The first-order valence-electron chi connectivity index (χ1n) is 26.7. The average molecular weight is 946 g/mol. The van der Waals surface area contributed by atoms with Gasteiger partial charge in [-0.1, -0.05) is 192 Å². The maximum Gasteiger partial charge on any atom is 0.294 e. The summed E-state index contributed by atoms with van der Waals surface area (Å²) in [6.07, 6.45) is 37.5. The largest absolute Gasteiger partial charge is 0.507 e. The number of phenolic OH excluding ortho intramolecular Hbond substituents is 1. The van der Waals surface area contributed by atoms with Crippen LogP contribution in [-0.2, 0) is 12.8 Å². The second-order valence-corrected chi connectivity index (χ2v) is 18.8. The molecule has 0 bridgehead atoms. The van der Waals surface area contributed by atoms with E-state index in [4.69, 9.17) is 0 Å². The molecule has 0 atom stereocenters. The summed E-state index contributed by atoms with van der Waals surface area (Å²) in [4.78, 5) is 20.5. The van der Waals surface area contributed by atoms with E-state index in [1.807, 2.05) is 48.5 Å². The van der Waals surface area contributed by atoms with Gasteiger partial charge in [-0.25, -0.2) is 4.99 Å². The number of hydrogen-bond donors (Lipinski definition) is 1. The van der Waals surface area contributed by atoms with Crippen LogP contribution < -0.4 is 0 Å². The number of nitro benzene ring substituents is 1. The van der Waals surface area contributed by atoms with Crippen molar-refractivity contribution < 1.29 is 10.0 Å². The Morgan fingerprint density at radius 3 is 1.36 bits per heavy atom. The zero-order valence-corrected chi connectivity index (χ0v) is 42.3. The van der Waals surface area contributed by atoms with E-state index in [9.17, 15) is 15.2 Å². The highest BCUT2D eigenvalue weighted by molar-refractivity contribution is 5.88. The lowest BCUT2D eigenvalue weighted by molar-refractivity contribution is -0.384. The third kappa shape index (κ3) is 22.1. The first-order valence-corrected chi connectivity index (χ1v) is 26.7. The first kappa shape index (κ1) is 54.8. The summed E-state index contributed by atoms with van der Waals surface area (Å²) in [7, 11) is 0. The molecule has 372 valence electrons. The molecule has 0 heterocycles. The van der Waals surface area contributed by atoms with Gasteiger partial charge in [0.25, 0.3) is 5.69 Å². The maximum absolute atomic E-state index is 12.0. The van der Waals surface area contributed by atoms with E-state index in [1.54, 1.807) is 30.5 Å². The van der Waals surface area contributed by atoms with Gasteiger partial charge in [0.2, 0.25) is 0 Å². The van der Waals surface area contributed by atoms with Crippen LogP contribution in [0.25, 0.3) is 0 Å². The van der Waals surface area contributed by atoms with Crippen LogP contribution >= 0.6 is 0 Å². The lowest BCUT2D eigenvalue weighted by Crippen LogP contribution is -1.89. The van der Waals surface area contributed by atoms with Gasteiger partial charge in [-0.2, -0.15) is 20.5 Å². The number of hydrogen-bond acceptors (Lipinski definition) is 9. The van der Waals surface area contributed by atoms with E-state index >= 15 is 0 Å². The summed E-state index contributed by atoms with van der Waals surface area (Å²) in [5, 5.41) is 40.3. The van der Waals surface area contributed by atoms with Crippen LogP contribution in [0.1, 0.15) is 190 Å². The van der Waals surface area contributed by atoms with Gasteiger partial charge in [-0.05, 0) is 109 Å². The number of aromatic hydroxyl groups is 1. The molecule has 0 aromatic heterocycles. The van der Waals surface area contributed by atoms with E-state index in [-0.39, 0.29) is 17.1 Å². The zero-order valence-electron chi connectivity index (χ0n) is 42.3. The van der Waals surface area contributed by atoms with Crippen LogP contribution in [-0.4, -0.2) is 22.5 Å². The summed E-state index contributed by atoms with van der Waals surface area (Å²) < 4.78 is 0. The number of nitrogens with zero attached hydrogens (tertiary/aromatic N) is 7. The Bertz CT molecular complexity index is 2370. The predicted octanol–water partition coefficient (Wildman–Crippen LogP) is 20.1. The quantitative estimate of drug-likeness (QED) is 0.0142. The molecule has 0 unspecified atom stereocenters. The van der Waals surface area contributed by atoms with E-state index in [1.165, 1.54) is 184 Å². The Hall–Kier alpha value is -6.16. The van der Waals surface area contributed by atoms with Crippen molar-refractivity contribution in [1.29, 1.82) is 0 Å². The predicted molar refractivity (Wildman–Crippen MR) is 293 cm³/mol. The van der Waals surface area contributed by atoms with Crippen molar-refractivity contribution in [1.82, 2.24) is 0 Å². The molecule has 1 N–H and O–H groups in total. The van der Waals surface area contributed by atoms with Crippen molar-refractivity contribution in [2.24, 2.45) is 30.4 Å². The highest BCUT2D eigenvalue weighted by Gasteiger charge is 2.14. The SMILES string of the molecule is CCCCCCCCCCCCCCc1ccc(/N=N/c2cccc(/C=N/c3ccc([N+](=O)[O-])c(/N=C/c4cc(/N=N/c5ccc(CCCCCCCCCCCCCC)cc5)ccc4O)c3)c2)cc1. The van der Waals surface area contributed by atoms with Gasteiger partial charge in [0, 0.05) is 24.1 Å². The molecule has 0 aliphatic heterocycles. The summed E-state index contributed by atoms with van der Waals surface area (Å²) >= 11 is 0. The van der Waals surface area contributed by atoms with Gasteiger partial charge >= 0.3 is 0 Å². The lowest BCUT2D eigenvalue weighted by atomic mass is 10.0. The summed E-state index contributed by atoms with van der Waals surface area (Å²) in [6, 6.07) is 33.3. The third-order valence-electron chi connectivity index (χ3n) is 12.8. The Balaban J connectivity index is 1.07. The molecule has 5 aromatic carbocycles. The maximum atomic E-state index is 12.0. The van der Waals surface area contributed by atoms with Crippen molar-refractivity contribution in [3.05, 3.63) is 142 Å². The molecular formula is C60H79N7O3. The van der Waals surface area contributed by atoms with E-state index in [2.05, 4.69) is 68.6 Å². The number of unbranched alkanes of at least 4 members (excludes halogenated alkanes) is 22. The van der Waals surface area contributed by atoms with Crippen LogP contribution in [0.2, 0.25) is 0 Å². The Labute approximate surface area is 419 Å². The van der Waals surface area contributed by atoms with Crippen molar-refractivity contribution in [2.75, 3.05) is 0 Å². The Kier molecular flexibility index (Phi) is 26.1. The standard InChI is InChI=1S/C60H79N7O3/c1-3-5-7-9-11-13-15-17-19-21-23-25-28-49-32-36-53(37-33-49)63-65-56-31-27-30-51(44-56)47-61-55-40-42-59(67(69)70)58(46-55)62-48-52-45-57(41-43-60(52)68)66-64-54-38-34-50(35-39-54)29-26-24-22-20-18-16-14-12-10-8-6-4-2/h27,30-48,68H,3-26,28-29H2,1-2H3/b61-47+,62-48+,65-63+,66-64+. The molecule has 5 rings (SSSR count). The summed E-state index contributed by atoms with van der Waals surface area (Å²) in [5.74, 6) is -0.0410. The zero-order chi connectivity index (χ0) is 49.3. The van der Waals surface area contributed by atoms with Gasteiger partial charge < -0.3 is 5.11 Å². The molecule has 0 radical (unpaired) electrons. The van der Waals surface area contributed by atoms with Crippen LogP contribution in [0, 0.1) is 10.1 Å². The van der Waals surface area contributed by atoms with Crippen LogP contribution in [0.5, 0.6) is 5.75 Å². The number of benzene rings is 5. The number of nitro groups is 1. The monoisotopic (exact) mass is 946 g/mol. The molecule has 0 aliphatic rings. The smallest absolute Gasteiger partial charge is 0.294 e. The second kappa shape index (κ2) is 33.4. The molecular weight excluding hydrogens is 867 g/mol. The normalized spacial score (nSPS) is 11.9. The molecule has 0 aliphatic carbocycles. The molecule has 10 heteroatoms. The topological polar surface area (TPSA) is 138 Å². The van der Waals surface area contributed by atoms with Crippen LogP contribution in [0.4, 0.5) is 39.8 Å². The Morgan fingerprint density at radius 2 is 0.871 bits per heavy atom. The van der Waals surface area contributed by atoms with Crippen molar-refractivity contribution >= 4 is 52.2 Å². The number of phenols is 1. The van der Waals surface area contributed by atoms with Crippen molar-refractivity contribution in [3.8, 4) is 5.75 Å². The third-order valence-corrected chi connectivity index (χ3v) is 12.8. The molecule has 5 aromatic rings. The van der Waals surface area contributed by atoms with Crippen LogP contribution in [0.3, 0.4) is 0 Å². The van der Waals surface area contributed by atoms with E-state index < -0.39 is 4.92 Å². The molecule has 0 saturated carbocycles. The fourth-order valence-corrected chi connectivity index (χ4v) is 8.54.